The Morgan fingerprint density at radius 2 is 1.86 bits per heavy atom. The smallest absolute Gasteiger partial charge is 0.256 e. The van der Waals surface area contributed by atoms with Gasteiger partial charge in [0.2, 0.25) is 0 Å². The lowest BCUT2D eigenvalue weighted by Gasteiger charge is -2.22. The van der Waals surface area contributed by atoms with Gasteiger partial charge in [0, 0.05) is 20.1 Å². The SMILES string of the molecule is CCN(Cc1ccccc1)C(=O)c1cccc(F)c1NC. The van der Waals surface area contributed by atoms with Gasteiger partial charge in [0.05, 0.1) is 11.3 Å². The number of carbonyl (C=O) groups excluding carboxylic acids is 1. The third-order valence-corrected chi connectivity index (χ3v) is 3.38. The largest absolute Gasteiger partial charge is 0.385 e. The van der Waals surface area contributed by atoms with Gasteiger partial charge < -0.3 is 10.2 Å². The Balaban J connectivity index is 2.27. The van der Waals surface area contributed by atoms with E-state index in [1.807, 2.05) is 37.3 Å². The molecule has 1 N–H and O–H groups in total. The summed E-state index contributed by atoms with van der Waals surface area (Å²) in [4.78, 5) is 14.3. The highest BCUT2D eigenvalue weighted by molar-refractivity contribution is 5.99. The van der Waals surface area contributed by atoms with Crippen LogP contribution >= 0.6 is 0 Å². The highest BCUT2D eigenvalue weighted by atomic mass is 19.1. The molecule has 0 spiro atoms. The summed E-state index contributed by atoms with van der Waals surface area (Å²) in [5.41, 5.74) is 1.65. The molecule has 2 rings (SSSR count). The van der Waals surface area contributed by atoms with Crippen LogP contribution in [0.4, 0.5) is 10.1 Å². The predicted octanol–water partition coefficient (Wildman–Crippen LogP) is 3.53. The van der Waals surface area contributed by atoms with Gasteiger partial charge in [-0.2, -0.15) is 0 Å². The lowest BCUT2D eigenvalue weighted by atomic mass is 10.1. The minimum atomic E-state index is -0.417. The van der Waals surface area contributed by atoms with E-state index in [1.165, 1.54) is 6.07 Å². The summed E-state index contributed by atoms with van der Waals surface area (Å²) in [7, 11) is 1.61. The number of nitrogens with zero attached hydrogens (tertiary/aromatic N) is 1. The van der Waals surface area contributed by atoms with Crippen LogP contribution in [0.5, 0.6) is 0 Å². The van der Waals surface area contributed by atoms with Crippen molar-refractivity contribution in [3.05, 3.63) is 65.5 Å². The summed E-state index contributed by atoms with van der Waals surface area (Å²) in [6.45, 7) is 2.99. The second-order valence-electron chi connectivity index (χ2n) is 4.72. The molecule has 0 aliphatic heterocycles. The summed E-state index contributed by atoms with van der Waals surface area (Å²) in [6, 6.07) is 14.3. The molecule has 21 heavy (non-hydrogen) atoms. The lowest BCUT2D eigenvalue weighted by Crippen LogP contribution is -2.31. The van der Waals surface area contributed by atoms with Gasteiger partial charge in [-0.25, -0.2) is 4.39 Å². The van der Waals surface area contributed by atoms with Crippen LogP contribution in [0.1, 0.15) is 22.8 Å². The molecule has 2 aromatic rings. The van der Waals surface area contributed by atoms with Gasteiger partial charge in [-0.1, -0.05) is 36.4 Å². The summed E-state index contributed by atoms with van der Waals surface area (Å²) in [5, 5.41) is 2.77. The molecular weight excluding hydrogens is 267 g/mol. The van der Waals surface area contributed by atoms with Crippen molar-refractivity contribution in [2.75, 3.05) is 18.9 Å². The Morgan fingerprint density at radius 3 is 2.48 bits per heavy atom. The fourth-order valence-electron chi connectivity index (χ4n) is 2.26. The van der Waals surface area contributed by atoms with Gasteiger partial charge in [0.1, 0.15) is 5.82 Å². The zero-order valence-electron chi connectivity index (χ0n) is 12.3. The van der Waals surface area contributed by atoms with E-state index >= 15 is 0 Å². The molecule has 4 heteroatoms. The van der Waals surface area contributed by atoms with Gasteiger partial charge in [0.25, 0.3) is 5.91 Å². The van der Waals surface area contributed by atoms with Gasteiger partial charge in [-0.15, -0.1) is 0 Å². The summed E-state index contributed by atoms with van der Waals surface area (Å²) in [5.74, 6) is -0.593. The van der Waals surface area contributed by atoms with Crippen LogP contribution in [-0.2, 0) is 6.54 Å². The summed E-state index contributed by atoms with van der Waals surface area (Å²) < 4.78 is 13.8. The molecule has 2 aromatic carbocycles. The number of benzene rings is 2. The number of hydrogen-bond acceptors (Lipinski definition) is 2. The molecule has 0 heterocycles. The molecule has 3 nitrogen and oxygen atoms in total. The zero-order chi connectivity index (χ0) is 15.2. The number of hydrogen-bond donors (Lipinski definition) is 1. The fourth-order valence-corrected chi connectivity index (χ4v) is 2.26. The highest BCUT2D eigenvalue weighted by Crippen LogP contribution is 2.21. The van der Waals surface area contributed by atoms with E-state index in [0.29, 0.717) is 18.7 Å². The average Bonchev–Trinajstić information content (AvgIpc) is 2.52. The van der Waals surface area contributed by atoms with E-state index in [-0.39, 0.29) is 11.6 Å². The average molecular weight is 286 g/mol. The van der Waals surface area contributed by atoms with Gasteiger partial charge >= 0.3 is 0 Å². The molecular formula is C17H19FN2O. The minimum Gasteiger partial charge on any atom is -0.385 e. The number of amides is 1. The van der Waals surface area contributed by atoms with Crippen LogP contribution in [0, 0.1) is 5.82 Å². The van der Waals surface area contributed by atoms with E-state index in [1.54, 1.807) is 24.1 Å². The lowest BCUT2D eigenvalue weighted by molar-refractivity contribution is 0.0753. The van der Waals surface area contributed by atoms with Gasteiger partial charge in [0.15, 0.2) is 0 Å². The second-order valence-corrected chi connectivity index (χ2v) is 4.72. The Bertz CT molecular complexity index is 613. The number of nitrogens with one attached hydrogen (secondary N) is 1. The predicted molar refractivity (Wildman–Crippen MR) is 82.8 cm³/mol. The maximum atomic E-state index is 13.8. The second kappa shape index (κ2) is 6.88. The van der Waals surface area contributed by atoms with Crippen molar-refractivity contribution in [2.24, 2.45) is 0 Å². The number of anilines is 1. The molecule has 0 saturated heterocycles. The monoisotopic (exact) mass is 286 g/mol. The van der Waals surface area contributed by atoms with Crippen molar-refractivity contribution in [1.29, 1.82) is 0 Å². The Kier molecular flexibility index (Phi) is 4.93. The topological polar surface area (TPSA) is 32.3 Å². The number of halogens is 1. The molecule has 0 unspecified atom stereocenters. The van der Waals surface area contributed by atoms with E-state index in [9.17, 15) is 9.18 Å². The minimum absolute atomic E-state index is 0.176. The van der Waals surface area contributed by atoms with Crippen LogP contribution in [0.3, 0.4) is 0 Å². The maximum absolute atomic E-state index is 13.8. The molecule has 0 aliphatic rings. The first-order chi connectivity index (χ1) is 10.2. The normalized spacial score (nSPS) is 10.2. The molecule has 110 valence electrons. The van der Waals surface area contributed by atoms with E-state index in [4.69, 9.17) is 0 Å². The number of para-hydroxylation sites is 1. The first-order valence-electron chi connectivity index (χ1n) is 6.96. The molecule has 0 aliphatic carbocycles. The quantitative estimate of drug-likeness (QED) is 0.912. The van der Waals surface area contributed by atoms with Crippen molar-refractivity contribution < 1.29 is 9.18 Å². The third kappa shape index (κ3) is 3.40. The van der Waals surface area contributed by atoms with Crippen LogP contribution in [0.15, 0.2) is 48.5 Å². The zero-order valence-corrected chi connectivity index (χ0v) is 12.3. The van der Waals surface area contributed by atoms with Gasteiger partial charge in [-0.3, -0.25) is 4.79 Å². The van der Waals surface area contributed by atoms with Crippen molar-refractivity contribution in [3.8, 4) is 0 Å². The molecule has 0 aromatic heterocycles. The molecule has 0 bridgehead atoms. The van der Waals surface area contributed by atoms with E-state index in [2.05, 4.69) is 5.32 Å². The van der Waals surface area contributed by atoms with Gasteiger partial charge in [-0.05, 0) is 24.6 Å². The molecule has 0 saturated carbocycles. The molecule has 0 radical (unpaired) electrons. The van der Waals surface area contributed by atoms with Crippen molar-refractivity contribution in [1.82, 2.24) is 4.90 Å². The third-order valence-electron chi connectivity index (χ3n) is 3.38. The Hall–Kier alpha value is -2.36. The van der Waals surface area contributed by atoms with Crippen molar-refractivity contribution in [3.63, 3.8) is 0 Å². The van der Waals surface area contributed by atoms with E-state index < -0.39 is 5.82 Å². The molecule has 0 fully saturated rings. The first kappa shape index (κ1) is 15.0. The fraction of sp³-hybridized carbons (Fsp3) is 0.235. The first-order valence-corrected chi connectivity index (χ1v) is 6.96. The summed E-state index contributed by atoms with van der Waals surface area (Å²) >= 11 is 0. The van der Waals surface area contributed by atoms with Crippen LogP contribution in [-0.4, -0.2) is 24.4 Å². The van der Waals surface area contributed by atoms with Crippen LogP contribution in [0.2, 0.25) is 0 Å². The maximum Gasteiger partial charge on any atom is 0.256 e. The Morgan fingerprint density at radius 1 is 1.14 bits per heavy atom. The van der Waals surface area contributed by atoms with Crippen molar-refractivity contribution >= 4 is 11.6 Å². The summed E-state index contributed by atoms with van der Waals surface area (Å²) in [6.07, 6.45) is 0. The number of carbonyl (C=O) groups is 1. The standard InChI is InChI=1S/C17H19FN2O/c1-3-20(12-13-8-5-4-6-9-13)17(21)14-10-7-11-15(18)16(14)19-2/h4-11,19H,3,12H2,1-2H3. The van der Waals surface area contributed by atoms with Crippen molar-refractivity contribution in [2.45, 2.75) is 13.5 Å². The highest BCUT2D eigenvalue weighted by Gasteiger charge is 2.19. The van der Waals surface area contributed by atoms with E-state index in [0.717, 1.165) is 5.56 Å². The number of rotatable bonds is 5. The molecule has 1 amide bonds. The van der Waals surface area contributed by atoms with Crippen LogP contribution in [0.25, 0.3) is 0 Å². The Labute approximate surface area is 124 Å². The molecule has 0 atom stereocenters. The van der Waals surface area contributed by atoms with Crippen LogP contribution < -0.4 is 5.32 Å².